The Bertz CT molecular complexity index is 709. The van der Waals surface area contributed by atoms with Gasteiger partial charge in [-0.2, -0.15) is 0 Å². The maximum atomic E-state index is 12.7. The topological polar surface area (TPSA) is 55.6 Å². The van der Waals surface area contributed by atoms with Gasteiger partial charge in [-0.15, -0.1) is 0 Å². The molecule has 1 amide bonds. The number of oxazole rings is 1. The van der Waals surface area contributed by atoms with E-state index in [0.29, 0.717) is 18.0 Å². The Morgan fingerprint density at radius 2 is 2.19 bits per heavy atom. The maximum absolute atomic E-state index is 12.7. The summed E-state index contributed by atoms with van der Waals surface area (Å²) in [7, 11) is 0. The Labute approximate surface area is 131 Å². The minimum absolute atomic E-state index is 0.204. The molecule has 0 atom stereocenters. The quantitative estimate of drug-likeness (QED) is 0.788. The van der Waals surface area contributed by atoms with Crippen molar-refractivity contribution in [2.75, 3.05) is 11.4 Å². The summed E-state index contributed by atoms with van der Waals surface area (Å²) >= 11 is 3.42. The van der Waals surface area contributed by atoms with Gasteiger partial charge in [0.25, 0.3) is 5.91 Å². The number of nitrogens with zero attached hydrogens (tertiary/aromatic N) is 2. The number of anilines is 1. The van der Waals surface area contributed by atoms with E-state index >= 15 is 0 Å². The zero-order valence-corrected chi connectivity index (χ0v) is 13.6. The van der Waals surface area contributed by atoms with Crippen LogP contribution in [0.4, 0.5) is 5.69 Å². The molecule has 1 aliphatic rings. The van der Waals surface area contributed by atoms with E-state index in [1.807, 2.05) is 32.0 Å². The molecule has 6 heteroatoms. The highest BCUT2D eigenvalue weighted by molar-refractivity contribution is 9.10. The maximum Gasteiger partial charge on any atom is 0.296 e. The van der Waals surface area contributed by atoms with Gasteiger partial charge < -0.3 is 9.15 Å². The van der Waals surface area contributed by atoms with Gasteiger partial charge in [-0.25, -0.2) is 4.98 Å². The SMILES string of the molecule is Cc1ncoc1C(=O)N1CC(C)(C)Oc2cc(Br)ccc21. The molecule has 0 unspecified atom stereocenters. The van der Waals surface area contributed by atoms with Crippen molar-refractivity contribution < 1.29 is 13.9 Å². The predicted octanol–water partition coefficient (Wildman–Crippen LogP) is 3.56. The van der Waals surface area contributed by atoms with E-state index in [9.17, 15) is 4.79 Å². The Hall–Kier alpha value is -1.82. The number of aromatic nitrogens is 1. The van der Waals surface area contributed by atoms with E-state index in [0.717, 1.165) is 10.2 Å². The number of halogens is 1. The number of hydrogen-bond donors (Lipinski definition) is 0. The van der Waals surface area contributed by atoms with Crippen molar-refractivity contribution in [2.45, 2.75) is 26.4 Å². The zero-order chi connectivity index (χ0) is 15.2. The lowest BCUT2D eigenvalue weighted by atomic mass is 10.0. The average Bonchev–Trinajstić information content (AvgIpc) is 2.81. The van der Waals surface area contributed by atoms with Crippen molar-refractivity contribution >= 4 is 27.5 Å². The van der Waals surface area contributed by atoms with Crippen LogP contribution in [-0.4, -0.2) is 23.0 Å². The standard InChI is InChI=1S/C15H15BrN2O3/c1-9-13(20-8-17-9)14(19)18-7-15(2,3)21-12-6-10(16)4-5-11(12)18/h4-6,8H,7H2,1-3H3. The molecular weight excluding hydrogens is 336 g/mol. The number of carbonyl (C=O) groups is 1. The fraction of sp³-hybridized carbons (Fsp3) is 0.333. The Kier molecular flexibility index (Phi) is 3.28. The highest BCUT2D eigenvalue weighted by Gasteiger charge is 2.36. The number of aryl methyl sites for hydroxylation is 1. The van der Waals surface area contributed by atoms with Crippen molar-refractivity contribution in [2.24, 2.45) is 0 Å². The molecule has 0 bridgehead atoms. The molecule has 110 valence electrons. The normalized spacial score (nSPS) is 16.3. The molecule has 0 N–H and O–H groups in total. The average molecular weight is 351 g/mol. The molecule has 0 saturated carbocycles. The second-order valence-corrected chi connectivity index (χ2v) is 6.55. The third-order valence-electron chi connectivity index (χ3n) is 3.32. The fourth-order valence-corrected chi connectivity index (χ4v) is 2.74. The molecule has 0 fully saturated rings. The van der Waals surface area contributed by atoms with Crippen LogP contribution in [0.25, 0.3) is 0 Å². The van der Waals surface area contributed by atoms with Crippen LogP contribution in [0.15, 0.2) is 33.5 Å². The third kappa shape index (κ3) is 2.55. The van der Waals surface area contributed by atoms with Gasteiger partial charge in [0.1, 0.15) is 11.4 Å². The highest BCUT2D eigenvalue weighted by Crippen LogP contribution is 2.39. The molecule has 3 rings (SSSR count). The van der Waals surface area contributed by atoms with E-state index in [2.05, 4.69) is 20.9 Å². The first-order chi connectivity index (χ1) is 9.87. The number of amides is 1. The van der Waals surface area contributed by atoms with Crippen molar-refractivity contribution in [3.8, 4) is 5.75 Å². The van der Waals surface area contributed by atoms with Crippen LogP contribution < -0.4 is 9.64 Å². The molecule has 1 aromatic carbocycles. The molecule has 2 aromatic rings. The van der Waals surface area contributed by atoms with Crippen LogP contribution in [-0.2, 0) is 0 Å². The lowest BCUT2D eigenvalue weighted by molar-refractivity contribution is 0.0816. The number of fused-ring (bicyclic) bond motifs is 1. The van der Waals surface area contributed by atoms with Gasteiger partial charge in [-0.1, -0.05) is 15.9 Å². The summed E-state index contributed by atoms with van der Waals surface area (Å²) in [4.78, 5) is 18.4. The Balaban J connectivity index is 2.07. The first-order valence-electron chi connectivity index (χ1n) is 6.58. The Morgan fingerprint density at radius 3 is 2.86 bits per heavy atom. The summed E-state index contributed by atoms with van der Waals surface area (Å²) in [5.74, 6) is 0.734. The van der Waals surface area contributed by atoms with Crippen LogP contribution in [0.3, 0.4) is 0 Å². The molecule has 0 radical (unpaired) electrons. The van der Waals surface area contributed by atoms with Gasteiger partial charge in [-0.05, 0) is 39.0 Å². The first kappa shape index (κ1) is 14.1. The van der Waals surface area contributed by atoms with Gasteiger partial charge in [0, 0.05) is 4.47 Å². The summed E-state index contributed by atoms with van der Waals surface area (Å²) < 4.78 is 12.1. The molecule has 21 heavy (non-hydrogen) atoms. The van der Waals surface area contributed by atoms with Crippen molar-refractivity contribution in [1.82, 2.24) is 4.98 Å². The molecule has 0 spiro atoms. The molecule has 0 aliphatic carbocycles. The van der Waals surface area contributed by atoms with Crippen LogP contribution in [0, 0.1) is 6.92 Å². The lowest BCUT2D eigenvalue weighted by Crippen LogP contribution is -2.49. The number of hydrogen-bond acceptors (Lipinski definition) is 4. The van der Waals surface area contributed by atoms with Gasteiger partial charge in [0.2, 0.25) is 5.76 Å². The number of benzene rings is 1. The van der Waals surface area contributed by atoms with E-state index in [-0.39, 0.29) is 11.7 Å². The lowest BCUT2D eigenvalue weighted by Gasteiger charge is -2.39. The number of rotatable bonds is 1. The summed E-state index contributed by atoms with van der Waals surface area (Å²) in [6.07, 6.45) is 1.29. The monoisotopic (exact) mass is 350 g/mol. The highest BCUT2D eigenvalue weighted by atomic mass is 79.9. The van der Waals surface area contributed by atoms with E-state index < -0.39 is 5.60 Å². The zero-order valence-electron chi connectivity index (χ0n) is 12.0. The molecule has 5 nitrogen and oxygen atoms in total. The van der Waals surface area contributed by atoms with Crippen LogP contribution in [0.5, 0.6) is 5.75 Å². The Morgan fingerprint density at radius 1 is 1.43 bits per heavy atom. The fourth-order valence-electron chi connectivity index (χ4n) is 2.40. The minimum Gasteiger partial charge on any atom is -0.484 e. The largest absolute Gasteiger partial charge is 0.484 e. The van der Waals surface area contributed by atoms with Crippen molar-refractivity contribution in [3.05, 3.63) is 40.5 Å². The molecule has 2 heterocycles. The van der Waals surface area contributed by atoms with Gasteiger partial charge in [0.15, 0.2) is 6.39 Å². The van der Waals surface area contributed by atoms with Crippen molar-refractivity contribution in [1.29, 1.82) is 0 Å². The van der Waals surface area contributed by atoms with E-state index in [1.54, 1.807) is 11.8 Å². The molecule has 0 saturated heterocycles. The van der Waals surface area contributed by atoms with Crippen LogP contribution in [0.1, 0.15) is 30.1 Å². The molecule has 1 aliphatic heterocycles. The van der Waals surface area contributed by atoms with Crippen LogP contribution in [0.2, 0.25) is 0 Å². The van der Waals surface area contributed by atoms with Crippen molar-refractivity contribution in [3.63, 3.8) is 0 Å². The second kappa shape index (κ2) is 4.87. The van der Waals surface area contributed by atoms with E-state index in [4.69, 9.17) is 9.15 Å². The predicted molar refractivity (Wildman–Crippen MR) is 81.8 cm³/mol. The first-order valence-corrected chi connectivity index (χ1v) is 7.37. The molecule has 1 aromatic heterocycles. The number of carbonyl (C=O) groups excluding carboxylic acids is 1. The van der Waals surface area contributed by atoms with E-state index in [1.165, 1.54) is 6.39 Å². The summed E-state index contributed by atoms with van der Waals surface area (Å²) in [5, 5.41) is 0. The smallest absolute Gasteiger partial charge is 0.296 e. The van der Waals surface area contributed by atoms with Gasteiger partial charge >= 0.3 is 0 Å². The second-order valence-electron chi connectivity index (χ2n) is 5.63. The minimum atomic E-state index is -0.475. The van der Waals surface area contributed by atoms with Gasteiger partial charge in [-0.3, -0.25) is 9.69 Å². The molecular formula is C15H15BrN2O3. The summed E-state index contributed by atoms with van der Waals surface area (Å²) in [6.45, 7) is 6.10. The number of ether oxygens (including phenoxy) is 1. The third-order valence-corrected chi connectivity index (χ3v) is 3.82. The summed E-state index contributed by atoms with van der Waals surface area (Å²) in [6, 6.07) is 5.61. The van der Waals surface area contributed by atoms with Crippen LogP contribution >= 0.6 is 15.9 Å². The van der Waals surface area contributed by atoms with Gasteiger partial charge in [0.05, 0.1) is 17.9 Å². The summed E-state index contributed by atoms with van der Waals surface area (Å²) in [5.41, 5.74) is 0.846.